The zero-order valence-corrected chi connectivity index (χ0v) is 24.0. The van der Waals surface area contributed by atoms with Gasteiger partial charge < -0.3 is 0 Å². The number of benzene rings is 3. The molecule has 0 N–H and O–H groups in total. The van der Waals surface area contributed by atoms with Gasteiger partial charge in [0.05, 0.1) is 0 Å². The van der Waals surface area contributed by atoms with Crippen molar-refractivity contribution in [3.63, 3.8) is 0 Å². The van der Waals surface area contributed by atoms with Crippen LogP contribution in [0.1, 0.15) is 42.4 Å². The van der Waals surface area contributed by atoms with Crippen molar-refractivity contribution in [2.75, 3.05) is 0 Å². The van der Waals surface area contributed by atoms with Crippen molar-refractivity contribution >= 4 is 28.0 Å². The first-order valence-corrected chi connectivity index (χ1v) is 14.9. The first-order valence-electron chi connectivity index (χ1n) is 14.9. The van der Waals surface area contributed by atoms with E-state index in [2.05, 4.69) is 158 Å². The summed E-state index contributed by atoms with van der Waals surface area (Å²) in [5.74, 6) is 0. The molecule has 4 aromatic rings. The molecule has 0 nitrogen and oxygen atoms in total. The van der Waals surface area contributed by atoms with Crippen molar-refractivity contribution in [2.45, 2.75) is 25.7 Å². The third-order valence-electron chi connectivity index (χ3n) is 8.11. The summed E-state index contributed by atoms with van der Waals surface area (Å²) in [6, 6.07) is 41.0. The van der Waals surface area contributed by atoms with Crippen LogP contribution in [-0.2, 0) is 0 Å². The molecule has 0 bridgehead atoms. The summed E-state index contributed by atoms with van der Waals surface area (Å²) >= 11 is 0. The highest BCUT2D eigenvalue weighted by atomic mass is 14.2. The number of fused-ring (bicyclic) bond motifs is 1. The Morgan fingerprint density at radius 2 is 1.24 bits per heavy atom. The Labute approximate surface area is 250 Å². The Kier molecular flexibility index (Phi) is 8.53. The molecule has 42 heavy (non-hydrogen) atoms. The summed E-state index contributed by atoms with van der Waals surface area (Å²) in [7, 11) is 0. The minimum Gasteiger partial charge on any atom is -0.0911 e. The summed E-state index contributed by atoms with van der Waals surface area (Å²) < 4.78 is 0. The van der Waals surface area contributed by atoms with E-state index in [1.807, 2.05) is 6.07 Å². The van der Waals surface area contributed by atoms with Crippen molar-refractivity contribution in [1.29, 1.82) is 0 Å². The lowest BCUT2D eigenvalue weighted by atomic mass is 9.85. The third kappa shape index (κ3) is 6.35. The molecular weight excluding hydrogens is 504 g/mol. The number of hydrogen-bond acceptors (Lipinski definition) is 0. The van der Waals surface area contributed by atoms with Gasteiger partial charge in [0.25, 0.3) is 0 Å². The molecule has 0 amide bonds. The van der Waals surface area contributed by atoms with Crippen molar-refractivity contribution in [3.8, 4) is 11.1 Å². The van der Waals surface area contributed by atoms with Gasteiger partial charge in [0, 0.05) is 0 Å². The SMILES string of the molecule is C=C(C=Cc1ccccc1)c1ccccccc(C2=CC=C(C3=CC=CCC3)CC2)c2ccc(-c3ccccc3)cc12. The monoisotopic (exact) mass is 540 g/mol. The molecule has 0 atom stereocenters. The molecular formula is C42H36. The van der Waals surface area contributed by atoms with Crippen LogP contribution in [0.2, 0.25) is 0 Å². The van der Waals surface area contributed by atoms with Crippen LogP contribution in [-0.4, -0.2) is 0 Å². The van der Waals surface area contributed by atoms with E-state index in [-0.39, 0.29) is 0 Å². The van der Waals surface area contributed by atoms with Gasteiger partial charge in [-0.1, -0.05) is 158 Å². The predicted molar refractivity (Wildman–Crippen MR) is 183 cm³/mol. The molecule has 0 aromatic heterocycles. The standard InChI is InChI=1S/C42H36/c1-32(23-24-33-15-7-4-8-16-33)39-21-13-2-3-14-22-40(37-27-25-36(26-28-37)34-17-9-5-10-18-34)41-30-29-38(31-42(39)41)35-19-11-6-12-20-35/h2-9,11-17,19-25,27,29-31H,1,10,18,26,28H2. The second-order valence-corrected chi connectivity index (χ2v) is 10.9. The van der Waals surface area contributed by atoms with E-state index in [1.165, 1.54) is 44.2 Å². The predicted octanol–water partition coefficient (Wildman–Crippen LogP) is 11.7. The third-order valence-corrected chi connectivity index (χ3v) is 8.11. The fourth-order valence-electron chi connectivity index (χ4n) is 5.83. The molecule has 0 heterocycles. The van der Waals surface area contributed by atoms with Gasteiger partial charge in [-0.3, -0.25) is 0 Å². The van der Waals surface area contributed by atoms with E-state index in [4.69, 9.17) is 0 Å². The van der Waals surface area contributed by atoms with Crippen LogP contribution >= 0.6 is 0 Å². The second kappa shape index (κ2) is 13.1. The van der Waals surface area contributed by atoms with Crippen LogP contribution in [0.4, 0.5) is 0 Å². The van der Waals surface area contributed by atoms with E-state index in [1.54, 1.807) is 0 Å². The summed E-state index contributed by atoms with van der Waals surface area (Å²) in [5, 5.41) is 2.43. The van der Waals surface area contributed by atoms with Gasteiger partial charge in [0.2, 0.25) is 0 Å². The van der Waals surface area contributed by atoms with Gasteiger partial charge in [0.15, 0.2) is 0 Å². The van der Waals surface area contributed by atoms with Gasteiger partial charge >= 0.3 is 0 Å². The Morgan fingerprint density at radius 3 is 1.98 bits per heavy atom. The van der Waals surface area contributed by atoms with Crippen LogP contribution in [0.25, 0.3) is 39.1 Å². The highest BCUT2D eigenvalue weighted by Gasteiger charge is 2.15. The number of hydrogen-bond donors (Lipinski definition) is 0. The molecule has 0 heteroatoms. The lowest BCUT2D eigenvalue weighted by Crippen LogP contribution is -1.99. The van der Waals surface area contributed by atoms with Crippen LogP contribution in [0.5, 0.6) is 0 Å². The fraction of sp³-hybridized carbons (Fsp3) is 0.0952. The summed E-state index contributed by atoms with van der Waals surface area (Å²) in [5.41, 5.74) is 11.3. The first kappa shape index (κ1) is 27.2. The Balaban J connectivity index is 1.55. The lowest BCUT2D eigenvalue weighted by molar-refractivity contribution is 0.905. The van der Waals surface area contributed by atoms with Gasteiger partial charge in [0.1, 0.15) is 0 Å². The van der Waals surface area contributed by atoms with E-state index >= 15 is 0 Å². The smallest absolute Gasteiger partial charge is 0.00933 e. The molecule has 6 rings (SSSR count). The van der Waals surface area contributed by atoms with Crippen molar-refractivity contribution in [2.24, 2.45) is 0 Å². The summed E-state index contributed by atoms with van der Waals surface area (Å²) in [6.45, 7) is 4.56. The summed E-state index contributed by atoms with van der Waals surface area (Å²) in [6.07, 6.45) is 20.1. The Bertz CT molecular complexity index is 1810. The van der Waals surface area contributed by atoms with E-state index < -0.39 is 0 Å². The van der Waals surface area contributed by atoms with E-state index in [0.717, 1.165) is 42.4 Å². The zero-order valence-electron chi connectivity index (χ0n) is 24.0. The molecule has 0 spiro atoms. The normalized spacial score (nSPS) is 14.6. The summed E-state index contributed by atoms with van der Waals surface area (Å²) in [4.78, 5) is 0. The second-order valence-electron chi connectivity index (χ2n) is 10.9. The van der Waals surface area contributed by atoms with Gasteiger partial charge in [-0.25, -0.2) is 0 Å². The molecule has 204 valence electrons. The molecule has 2 aliphatic rings. The quantitative estimate of drug-likeness (QED) is 0.213. The Morgan fingerprint density at radius 1 is 0.571 bits per heavy atom. The minimum absolute atomic E-state index is 0.982. The lowest BCUT2D eigenvalue weighted by Gasteiger charge is -2.19. The van der Waals surface area contributed by atoms with Crippen LogP contribution in [0.15, 0.2) is 169 Å². The van der Waals surface area contributed by atoms with Crippen molar-refractivity contribution in [1.82, 2.24) is 0 Å². The molecule has 2 aliphatic carbocycles. The Hall–Kier alpha value is -4.94. The van der Waals surface area contributed by atoms with Crippen LogP contribution < -0.4 is 0 Å². The molecule has 0 aliphatic heterocycles. The molecule has 0 radical (unpaired) electrons. The molecule has 0 unspecified atom stereocenters. The topological polar surface area (TPSA) is 0 Å². The van der Waals surface area contributed by atoms with Crippen LogP contribution in [0, 0.1) is 0 Å². The average Bonchev–Trinajstić information content (AvgIpc) is 3.06. The average molecular weight is 541 g/mol. The van der Waals surface area contributed by atoms with Gasteiger partial charge in [-0.15, -0.1) is 0 Å². The minimum atomic E-state index is 0.982. The van der Waals surface area contributed by atoms with E-state index in [9.17, 15) is 0 Å². The highest BCUT2D eigenvalue weighted by Crippen LogP contribution is 2.37. The van der Waals surface area contributed by atoms with Gasteiger partial charge in [-0.05, 0) is 92.6 Å². The first-order chi connectivity index (χ1) is 20.8. The fourth-order valence-corrected chi connectivity index (χ4v) is 5.83. The molecule has 4 aromatic carbocycles. The van der Waals surface area contributed by atoms with Crippen molar-refractivity contribution in [3.05, 3.63) is 186 Å². The number of rotatable bonds is 6. The maximum atomic E-state index is 4.56. The van der Waals surface area contributed by atoms with E-state index in [0.29, 0.717) is 0 Å². The molecule has 0 saturated carbocycles. The largest absolute Gasteiger partial charge is 0.0911 e. The van der Waals surface area contributed by atoms with Gasteiger partial charge in [-0.2, -0.15) is 0 Å². The maximum Gasteiger partial charge on any atom is -0.00933 e. The zero-order chi connectivity index (χ0) is 28.6. The molecule has 0 fully saturated rings. The highest BCUT2D eigenvalue weighted by molar-refractivity contribution is 6.02. The molecule has 0 saturated heterocycles. The number of allylic oxidation sites excluding steroid dienone is 10. The van der Waals surface area contributed by atoms with Crippen molar-refractivity contribution < 1.29 is 0 Å². The van der Waals surface area contributed by atoms with Crippen LogP contribution in [0.3, 0.4) is 0 Å². The maximum absolute atomic E-state index is 4.56.